The molecule has 0 heterocycles. The highest BCUT2D eigenvalue weighted by Gasteiger charge is 1.99. The number of allylic oxidation sites excluding steroid dienone is 4. The summed E-state index contributed by atoms with van der Waals surface area (Å²) in [4.78, 5) is 21.6. The Bertz CT molecular complexity index is 610. The van der Waals surface area contributed by atoms with E-state index in [0.29, 0.717) is 12.8 Å². The lowest BCUT2D eigenvalue weighted by molar-refractivity contribution is -0.141. The van der Waals surface area contributed by atoms with Gasteiger partial charge in [-0.1, -0.05) is 135 Å². The van der Waals surface area contributed by atoms with Crippen molar-refractivity contribution in [3.63, 3.8) is 0 Å². The summed E-state index contributed by atoms with van der Waals surface area (Å²) in [6, 6.07) is 0. The number of hydrogen-bond acceptors (Lipinski definition) is 4. The zero-order chi connectivity index (χ0) is 33.2. The van der Waals surface area contributed by atoms with Gasteiger partial charge in [0.25, 0.3) is 0 Å². The zero-order valence-electron chi connectivity index (χ0n) is 30.0. The summed E-state index contributed by atoms with van der Waals surface area (Å²) in [5.41, 5.74) is 0. The molecule has 0 radical (unpaired) electrons. The van der Waals surface area contributed by atoms with Crippen molar-refractivity contribution in [3.8, 4) is 0 Å². The molecule has 44 heavy (non-hydrogen) atoms. The normalized spacial score (nSPS) is 10.3. The Balaban J connectivity index is -0.000000624. The van der Waals surface area contributed by atoms with E-state index in [1.54, 1.807) is 6.08 Å². The molecule has 0 aromatic carbocycles. The molecule has 0 aromatic rings. The van der Waals surface area contributed by atoms with Crippen LogP contribution in [0.2, 0.25) is 0 Å². The Hall–Kier alpha value is -1.93. The lowest BCUT2D eigenvalue weighted by Gasteiger charge is -2.00. The van der Waals surface area contributed by atoms with Crippen molar-refractivity contribution in [2.45, 2.75) is 194 Å². The van der Waals surface area contributed by atoms with E-state index in [1.165, 1.54) is 143 Å². The van der Waals surface area contributed by atoms with Gasteiger partial charge in [-0.3, -0.25) is 9.59 Å². The van der Waals surface area contributed by atoms with Gasteiger partial charge in [0.05, 0.1) is 14.2 Å². The number of rotatable bonds is 30. The summed E-state index contributed by atoms with van der Waals surface area (Å²) in [7, 11) is 2.89. The van der Waals surface area contributed by atoms with Gasteiger partial charge in [-0.05, 0) is 57.8 Å². The van der Waals surface area contributed by atoms with Gasteiger partial charge in [0.2, 0.25) is 6.58 Å². The zero-order valence-corrected chi connectivity index (χ0v) is 30.0. The third-order valence-corrected chi connectivity index (χ3v) is 7.61. The Labute approximate surface area is 275 Å². The van der Waals surface area contributed by atoms with Crippen molar-refractivity contribution in [2.75, 3.05) is 14.2 Å². The summed E-state index contributed by atoms with van der Waals surface area (Å²) < 4.78 is 9.16. The molecule has 0 aliphatic carbocycles. The first-order chi connectivity index (χ1) is 21.5. The third-order valence-electron chi connectivity index (χ3n) is 7.61. The van der Waals surface area contributed by atoms with Crippen molar-refractivity contribution in [1.82, 2.24) is 0 Å². The van der Waals surface area contributed by atoms with Crippen LogP contribution in [0.3, 0.4) is 0 Å². The molecule has 0 fully saturated rings. The van der Waals surface area contributed by atoms with Crippen molar-refractivity contribution < 1.29 is 19.1 Å². The maximum absolute atomic E-state index is 10.9. The third kappa shape index (κ3) is 49.7. The highest BCUT2D eigenvalue weighted by Crippen LogP contribution is 2.11. The second-order valence-corrected chi connectivity index (χ2v) is 11.9. The topological polar surface area (TPSA) is 52.6 Å². The number of methoxy groups -OCH3 is 2. The van der Waals surface area contributed by atoms with Crippen LogP contribution in [0.4, 0.5) is 0 Å². The maximum atomic E-state index is 10.9. The van der Waals surface area contributed by atoms with Crippen LogP contribution in [-0.2, 0) is 19.1 Å². The van der Waals surface area contributed by atoms with Gasteiger partial charge in [0.15, 0.2) is 6.08 Å². The molecule has 0 spiro atoms. The number of ether oxygens (including phenoxy) is 2. The van der Waals surface area contributed by atoms with Crippen LogP contribution in [0.5, 0.6) is 0 Å². The van der Waals surface area contributed by atoms with Gasteiger partial charge in [0, 0.05) is 19.3 Å². The first kappa shape index (κ1) is 46.5. The molecular weight excluding hydrogens is 544 g/mol. The molecule has 0 rings (SSSR count). The molecule has 4 heteroatoms. The molecule has 258 valence electrons. The Morgan fingerprint density at radius 2 is 0.818 bits per heavy atom. The predicted molar refractivity (Wildman–Crippen MR) is 193 cm³/mol. The van der Waals surface area contributed by atoms with E-state index in [9.17, 15) is 9.59 Å². The minimum absolute atomic E-state index is 0.0763. The predicted octanol–water partition coefficient (Wildman–Crippen LogP) is 13.0. The number of carbonyl (C=O) groups excluding carboxylic acids is 2. The number of esters is 2. The van der Waals surface area contributed by atoms with Crippen LogP contribution in [0, 0.1) is 6.58 Å². The lowest BCUT2D eigenvalue weighted by Crippen LogP contribution is -1.98. The number of carbonyl (C=O) groups is 2. The quantitative estimate of drug-likeness (QED) is 0.0347. The van der Waals surface area contributed by atoms with Gasteiger partial charge < -0.3 is 9.47 Å². The number of unbranched alkanes of at least 4 members (excludes halogenated alkanes) is 22. The van der Waals surface area contributed by atoms with Crippen LogP contribution in [-0.4, -0.2) is 26.2 Å². The molecule has 0 bridgehead atoms. The summed E-state index contributed by atoms with van der Waals surface area (Å²) >= 11 is 0. The van der Waals surface area contributed by atoms with Crippen molar-refractivity contribution in [3.05, 3.63) is 37.5 Å². The first-order valence-electron chi connectivity index (χ1n) is 18.5. The summed E-state index contributed by atoms with van der Waals surface area (Å²) in [5.74, 6) is -0.178. The van der Waals surface area contributed by atoms with E-state index >= 15 is 0 Å². The molecule has 0 aliphatic heterocycles. The van der Waals surface area contributed by atoms with Gasteiger partial charge in [-0.15, -0.1) is 6.58 Å². The molecule has 4 nitrogen and oxygen atoms in total. The highest BCUT2D eigenvalue weighted by molar-refractivity contribution is 5.69. The van der Waals surface area contributed by atoms with Crippen LogP contribution in [0.1, 0.15) is 194 Å². The Morgan fingerprint density at radius 3 is 1.16 bits per heavy atom. The fraction of sp³-hybridized carbons (Fsp3) is 0.800. The second-order valence-electron chi connectivity index (χ2n) is 11.9. The van der Waals surface area contributed by atoms with Crippen LogP contribution >= 0.6 is 0 Å². The maximum Gasteiger partial charge on any atom is 0.305 e. The van der Waals surface area contributed by atoms with Crippen molar-refractivity contribution >= 4 is 11.9 Å². The molecule has 0 saturated carbocycles. The van der Waals surface area contributed by atoms with E-state index in [-0.39, 0.29) is 11.9 Å². The average Bonchev–Trinajstić information content (AvgIpc) is 3.04. The van der Waals surface area contributed by atoms with Crippen LogP contribution in [0.25, 0.3) is 0 Å². The molecule has 0 saturated heterocycles. The van der Waals surface area contributed by atoms with Gasteiger partial charge in [0.1, 0.15) is 0 Å². The molecular formula is C40H75O4+. The molecule has 0 N–H and O–H groups in total. The first-order valence-corrected chi connectivity index (χ1v) is 18.5. The SMILES string of the molecule is C=CCCCCCCCC.CCCCCCCC/C=C\CCCCCCCC(=O)OC.[CH+]=CCCCCCCCC(=O)OC. The highest BCUT2D eigenvalue weighted by atomic mass is 16.5. The summed E-state index contributed by atoms with van der Waals surface area (Å²) in [6.07, 6.45) is 42.4. The fourth-order valence-electron chi connectivity index (χ4n) is 4.68. The van der Waals surface area contributed by atoms with E-state index in [4.69, 9.17) is 6.58 Å². The van der Waals surface area contributed by atoms with Crippen molar-refractivity contribution in [1.29, 1.82) is 0 Å². The molecule has 0 atom stereocenters. The summed E-state index contributed by atoms with van der Waals surface area (Å²) in [6.45, 7) is 13.5. The van der Waals surface area contributed by atoms with E-state index < -0.39 is 0 Å². The lowest BCUT2D eigenvalue weighted by atomic mass is 10.1. The van der Waals surface area contributed by atoms with Gasteiger partial charge in [-0.2, -0.15) is 0 Å². The minimum atomic E-state index is -0.102. The smallest absolute Gasteiger partial charge is 0.305 e. The molecule has 0 unspecified atom stereocenters. The van der Waals surface area contributed by atoms with Crippen LogP contribution < -0.4 is 0 Å². The molecule has 0 aliphatic rings. The van der Waals surface area contributed by atoms with Gasteiger partial charge >= 0.3 is 11.9 Å². The summed E-state index contributed by atoms with van der Waals surface area (Å²) in [5, 5.41) is 0. The van der Waals surface area contributed by atoms with Crippen LogP contribution in [0.15, 0.2) is 30.9 Å². The van der Waals surface area contributed by atoms with E-state index in [0.717, 1.165) is 38.5 Å². The second kappa shape index (κ2) is 45.5. The minimum Gasteiger partial charge on any atom is -0.469 e. The Morgan fingerprint density at radius 1 is 0.500 bits per heavy atom. The van der Waals surface area contributed by atoms with E-state index in [1.807, 2.05) is 6.08 Å². The monoisotopic (exact) mass is 620 g/mol. The fourth-order valence-corrected chi connectivity index (χ4v) is 4.68. The number of hydrogen-bond donors (Lipinski definition) is 0. The van der Waals surface area contributed by atoms with E-state index in [2.05, 4.69) is 42.1 Å². The largest absolute Gasteiger partial charge is 0.469 e. The molecule has 0 amide bonds. The average molecular weight is 620 g/mol. The van der Waals surface area contributed by atoms with Gasteiger partial charge in [-0.25, -0.2) is 0 Å². The standard InChI is InChI=1S/C19H36O2.C11H19O2.C10H20/c1-3-4-5-6-7-8-9-10-11-12-13-14-15-16-17-18-19(20)21-2;1-3-4-5-6-7-8-9-10-11(12)13-2;1-3-5-7-9-10-8-6-4-2/h10-11H,3-9,12-18H2,1-2H3;1,3H,4-10H2,2H3;3H,1,4-10H2,2H3/q;+1;/b11-10-;;. The molecule has 0 aromatic heterocycles. The Kier molecular flexibility index (Phi) is 48.1. The van der Waals surface area contributed by atoms with Crippen molar-refractivity contribution in [2.24, 2.45) is 0 Å².